The molecule has 0 saturated carbocycles. The van der Waals surface area contributed by atoms with E-state index in [2.05, 4.69) is 5.32 Å². The molecule has 6 nitrogen and oxygen atoms in total. The number of amides is 2. The van der Waals surface area contributed by atoms with E-state index >= 15 is 0 Å². The summed E-state index contributed by atoms with van der Waals surface area (Å²) >= 11 is 0. The van der Waals surface area contributed by atoms with Crippen LogP contribution in [0.4, 0.5) is 23.7 Å². The number of carbonyl (C=O) groups excluding carboxylic acids is 1. The zero-order valence-electron chi connectivity index (χ0n) is 12.3. The second-order valence-corrected chi connectivity index (χ2v) is 7.14. The first-order chi connectivity index (χ1) is 10.6. The van der Waals surface area contributed by atoms with Crippen LogP contribution in [0.5, 0.6) is 0 Å². The highest BCUT2D eigenvalue weighted by molar-refractivity contribution is 7.88. The van der Waals surface area contributed by atoms with Crippen molar-refractivity contribution >= 4 is 21.7 Å². The molecule has 1 heterocycles. The summed E-state index contributed by atoms with van der Waals surface area (Å²) in [5, 5.41) is 2.50. The molecular formula is C13H16F3N3O3S. The van der Waals surface area contributed by atoms with Crippen molar-refractivity contribution in [1.29, 1.82) is 0 Å². The van der Waals surface area contributed by atoms with Crippen LogP contribution in [0.3, 0.4) is 0 Å². The van der Waals surface area contributed by atoms with Gasteiger partial charge in [-0.25, -0.2) is 13.2 Å². The Morgan fingerprint density at radius 2 is 1.61 bits per heavy atom. The number of alkyl halides is 3. The number of nitrogens with one attached hydrogen (secondary N) is 1. The van der Waals surface area contributed by atoms with E-state index in [9.17, 15) is 26.4 Å². The lowest BCUT2D eigenvalue weighted by Gasteiger charge is -2.33. The van der Waals surface area contributed by atoms with E-state index in [1.165, 1.54) is 21.3 Å². The minimum Gasteiger partial charge on any atom is -0.322 e. The van der Waals surface area contributed by atoms with Gasteiger partial charge in [-0.05, 0) is 24.3 Å². The van der Waals surface area contributed by atoms with Gasteiger partial charge in [0.25, 0.3) is 0 Å². The van der Waals surface area contributed by atoms with Crippen molar-refractivity contribution in [2.24, 2.45) is 0 Å². The lowest BCUT2D eigenvalue weighted by molar-refractivity contribution is -0.137. The lowest BCUT2D eigenvalue weighted by Crippen LogP contribution is -2.51. The number of hydrogen-bond acceptors (Lipinski definition) is 3. The van der Waals surface area contributed by atoms with E-state index < -0.39 is 27.8 Å². The van der Waals surface area contributed by atoms with Crippen molar-refractivity contribution in [2.45, 2.75) is 6.18 Å². The first-order valence-electron chi connectivity index (χ1n) is 6.76. The van der Waals surface area contributed by atoms with Gasteiger partial charge in [0.15, 0.2) is 0 Å². The van der Waals surface area contributed by atoms with Crippen molar-refractivity contribution in [1.82, 2.24) is 9.21 Å². The maximum Gasteiger partial charge on any atom is 0.416 e. The molecule has 10 heteroatoms. The fourth-order valence-corrected chi connectivity index (χ4v) is 2.99. The van der Waals surface area contributed by atoms with Gasteiger partial charge in [-0.3, -0.25) is 0 Å². The Morgan fingerprint density at radius 1 is 1.09 bits per heavy atom. The summed E-state index contributed by atoms with van der Waals surface area (Å²) < 4.78 is 61.4. The molecule has 128 valence electrons. The van der Waals surface area contributed by atoms with E-state index in [0.717, 1.165) is 18.4 Å². The summed E-state index contributed by atoms with van der Waals surface area (Å²) in [6.07, 6.45) is -3.32. The highest BCUT2D eigenvalue weighted by atomic mass is 32.2. The molecule has 23 heavy (non-hydrogen) atoms. The van der Waals surface area contributed by atoms with Crippen LogP contribution >= 0.6 is 0 Å². The molecule has 1 fully saturated rings. The quantitative estimate of drug-likeness (QED) is 0.884. The Kier molecular flexibility index (Phi) is 4.85. The van der Waals surface area contributed by atoms with E-state index in [4.69, 9.17) is 0 Å². The smallest absolute Gasteiger partial charge is 0.322 e. The molecule has 0 aliphatic carbocycles. The summed E-state index contributed by atoms with van der Waals surface area (Å²) in [5.41, 5.74) is -0.550. The molecule has 0 aromatic heterocycles. The molecule has 1 N–H and O–H groups in total. The maximum absolute atomic E-state index is 12.5. The first-order valence-corrected chi connectivity index (χ1v) is 8.60. The van der Waals surface area contributed by atoms with Gasteiger partial charge in [-0.2, -0.15) is 17.5 Å². The second-order valence-electron chi connectivity index (χ2n) is 5.15. The molecule has 2 amide bonds. The SMILES string of the molecule is CS(=O)(=O)N1CCN(C(=O)Nc2ccc(C(F)(F)F)cc2)CC1. The summed E-state index contributed by atoms with van der Waals surface area (Å²) in [4.78, 5) is 13.4. The summed E-state index contributed by atoms with van der Waals surface area (Å²) in [7, 11) is -3.28. The Hall–Kier alpha value is -1.81. The van der Waals surface area contributed by atoms with Crippen LogP contribution < -0.4 is 5.32 Å². The second kappa shape index (κ2) is 6.36. The predicted octanol–water partition coefficient (Wildman–Crippen LogP) is 1.81. The number of anilines is 1. The summed E-state index contributed by atoms with van der Waals surface area (Å²) in [5.74, 6) is 0. The number of rotatable bonds is 2. The normalized spacial score (nSPS) is 17.1. The Bertz CT molecular complexity index is 666. The molecule has 0 spiro atoms. The minimum atomic E-state index is -4.43. The summed E-state index contributed by atoms with van der Waals surface area (Å²) in [6.45, 7) is 0.831. The molecule has 2 rings (SSSR count). The minimum absolute atomic E-state index is 0.194. The number of nitrogens with zero attached hydrogens (tertiary/aromatic N) is 2. The number of hydrogen-bond donors (Lipinski definition) is 1. The van der Waals surface area contributed by atoms with Gasteiger partial charge in [0.2, 0.25) is 10.0 Å². The van der Waals surface area contributed by atoms with Crippen molar-refractivity contribution in [3.8, 4) is 0 Å². The molecule has 1 saturated heterocycles. The number of benzene rings is 1. The van der Waals surface area contributed by atoms with Gasteiger partial charge < -0.3 is 10.2 Å². The Morgan fingerprint density at radius 3 is 2.04 bits per heavy atom. The van der Waals surface area contributed by atoms with Gasteiger partial charge in [-0.15, -0.1) is 0 Å². The number of sulfonamides is 1. The predicted molar refractivity (Wildman–Crippen MR) is 78.5 cm³/mol. The molecule has 1 aromatic rings. The summed E-state index contributed by atoms with van der Waals surface area (Å²) in [6, 6.07) is 3.65. The highest BCUT2D eigenvalue weighted by Crippen LogP contribution is 2.29. The molecule has 0 atom stereocenters. The van der Waals surface area contributed by atoms with Gasteiger partial charge in [0.05, 0.1) is 11.8 Å². The van der Waals surface area contributed by atoms with E-state index in [-0.39, 0.29) is 31.9 Å². The zero-order valence-corrected chi connectivity index (χ0v) is 13.1. The third-order valence-corrected chi connectivity index (χ3v) is 4.76. The molecule has 1 aliphatic heterocycles. The molecule has 1 aromatic carbocycles. The van der Waals surface area contributed by atoms with Crippen LogP contribution in [0, 0.1) is 0 Å². The highest BCUT2D eigenvalue weighted by Gasteiger charge is 2.30. The molecule has 1 aliphatic rings. The van der Waals surface area contributed by atoms with Crippen molar-refractivity contribution < 1.29 is 26.4 Å². The Balaban J connectivity index is 1.93. The average molecular weight is 351 g/mol. The van der Waals surface area contributed by atoms with E-state index in [0.29, 0.717) is 0 Å². The van der Waals surface area contributed by atoms with E-state index in [1.54, 1.807) is 0 Å². The third-order valence-electron chi connectivity index (χ3n) is 3.46. The Labute approximate surface area is 131 Å². The molecule has 0 radical (unpaired) electrons. The van der Waals surface area contributed by atoms with Gasteiger partial charge in [0, 0.05) is 31.9 Å². The van der Waals surface area contributed by atoms with Crippen LogP contribution in [0.1, 0.15) is 5.56 Å². The fraction of sp³-hybridized carbons (Fsp3) is 0.462. The van der Waals surface area contributed by atoms with Crippen LogP contribution in [0.2, 0.25) is 0 Å². The third kappa shape index (κ3) is 4.58. The van der Waals surface area contributed by atoms with Crippen molar-refractivity contribution in [3.05, 3.63) is 29.8 Å². The first kappa shape index (κ1) is 17.5. The molecule has 0 unspecified atom stereocenters. The molecule has 0 bridgehead atoms. The zero-order chi connectivity index (χ0) is 17.3. The number of piperazine rings is 1. The maximum atomic E-state index is 12.5. The monoisotopic (exact) mass is 351 g/mol. The topological polar surface area (TPSA) is 69.7 Å². The largest absolute Gasteiger partial charge is 0.416 e. The van der Waals surface area contributed by atoms with Gasteiger partial charge in [-0.1, -0.05) is 0 Å². The number of halogens is 3. The molecular weight excluding hydrogens is 335 g/mol. The lowest BCUT2D eigenvalue weighted by atomic mass is 10.2. The fourth-order valence-electron chi connectivity index (χ4n) is 2.17. The number of urea groups is 1. The van der Waals surface area contributed by atoms with Crippen LogP contribution in [0.25, 0.3) is 0 Å². The standard InChI is InChI=1S/C13H16F3N3O3S/c1-23(21,22)19-8-6-18(7-9-19)12(20)17-11-4-2-10(3-5-11)13(14,15)16/h2-5H,6-9H2,1H3,(H,17,20). The van der Waals surface area contributed by atoms with Crippen molar-refractivity contribution in [3.63, 3.8) is 0 Å². The van der Waals surface area contributed by atoms with Crippen LogP contribution in [-0.4, -0.2) is 56.1 Å². The van der Waals surface area contributed by atoms with Gasteiger partial charge >= 0.3 is 12.2 Å². The van der Waals surface area contributed by atoms with E-state index in [1.807, 2.05) is 0 Å². The van der Waals surface area contributed by atoms with Gasteiger partial charge in [0.1, 0.15) is 0 Å². The van der Waals surface area contributed by atoms with Crippen LogP contribution in [0.15, 0.2) is 24.3 Å². The number of carbonyl (C=O) groups is 1. The van der Waals surface area contributed by atoms with Crippen molar-refractivity contribution in [2.75, 3.05) is 37.8 Å². The van der Waals surface area contributed by atoms with Crippen LogP contribution in [-0.2, 0) is 16.2 Å². The average Bonchev–Trinajstić information content (AvgIpc) is 2.46.